The van der Waals surface area contributed by atoms with Crippen LogP contribution in [0, 0.1) is 17.0 Å². The quantitative estimate of drug-likeness (QED) is 0.173. The van der Waals surface area contributed by atoms with Gasteiger partial charge in [-0.1, -0.05) is 55.5 Å². The van der Waals surface area contributed by atoms with Gasteiger partial charge in [0.2, 0.25) is 5.82 Å². The molecule has 12 heteroatoms. The molecule has 0 radical (unpaired) electrons. The van der Waals surface area contributed by atoms with E-state index in [1.165, 1.54) is 0 Å². The Kier molecular flexibility index (Phi) is 8.09. The summed E-state index contributed by atoms with van der Waals surface area (Å²) in [5.74, 6) is 2.01. The second-order valence-corrected chi connectivity index (χ2v) is 10.5. The Morgan fingerprint density at radius 1 is 1.12 bits per heavy atom. The van der Waals surface area contributed by atoms with Gasteiger partial charge in [-0.15, -0.1) is 10.2 Å². The molecule has 0 bridgehead atoms. The molecule has 0 spiro atoms. The van der Waals surface area contributed by atoms with Gasteiger partial charge in [0.25, 0.3) is 6.20 Å². The number of morpholine rings is 1. The van der Waals surface area contributed by atoms with Crippen LogP contribution in [-0.4, -0.2) is 66.3 Å². The van der Waals surface area contributed by atoms with E-state index < -0.39 is 4.92 Å². The molecule has 5 aromatic rings. The summed E-state index contributed by atoms with van der Waals surface area (Å²) < 4.78 is 7.70. The Balaban J connectivity index is 1.33. The van der Waals surface area contributed by atoms with Crippen LogP contribution in [0.3, 0.4) is 0 Å². The van der Waals surface area contributed by atoms with E-state index in [9.17, 15) is 10.1 Å². The molecule has 43 heavy (non-hydrogen) atoms. The normalized spacial score (nSPS) is 13.9. The summed E-state index contributed by atoms with van der Waals surface area (Å²) in [7, 11) is 0. The molecule has 0 atom stereocenters. The van der Waals surface area contributed by atoms with Gasteiger partial charge in [0.05, 0.1) is 29.2 Å². The van der Waals surface area contributed by atoms with E-state index in [1.807, 2.05) is 42.2 Å². The second kappa shape index (κ2) is 12.4. The lowest BCUT2D eigenvalue weighted by Crippen LogP contribution is -2.38. The zero-order valence-corrected chi connectivity index (χ0v) is 24.2. The molecule has 6 rings (SSSR count). The number of rotatable bonds is 10. The van der Waals surface area contributed by atoms with Gasteiger partial charge in [-0.2, -0.15) is 5.21 Å². The highest BCUT2D eigenvalue weighted by atomic mass is 16.6. The number of nitrogens with one attached hydrogen (secondary N) is 2. The summed E-state index contributed by atoms with van der Waals surface area (Å²) in [4.78, 5) is 18.0. The minimum absolute atomic E-state index is 0.420. The van der Waals surface area contributed by atoms with Crippen LogP contribution in [0.15, 0.2) is 72.7 Å². The lowest BCUT2D eigenvalue weighted by molar-refractivity contribution is -0.404. The Labute approximate surface area is 248 Å². The first-order chi connectivity index (χ1) is 21.0. The summed E-state index contributed by atoms with van der Waals surface area (Å²) in [5.41, 5.74) is 7.84. The lowest BCUT2D eigenvalue weighted by atomic mass is 9.98. The van der Waals surface area contributed by atoms with Crippen molar-refractivity contribution in [2.45, 2.75) is 33.2 Å². The minimum atomic E-state index is -0.420. The number of imidazole rings is 1. The zero-order valence-electron chi connectivity index (χ0n) is 24.2. The molecular formula is C31H33N9O3. The molecule has 3 aromatic carbocycles. The van der Waals surface area contributed by atoms with Crippen LogP contribution in [-0.2, 0) is 17.7 Å². The fraction of sp³-hybridized carbons (Fsp3) is 0.290. The third kappa shape index (κ3) is 6.09. The molecule has 2 aromatic heterocycles. The largest absolute Gasteiger partial charge is 0.378 e. The molecule has 0 saturated carbocycles. The molecule has 2 N–H and O–H groups in total. The first-order valence-electron chi connectivity index (χ1n) is 14.4. The molecule has 0 amide bonds. The number of hydrogen-bond acceptors (Lipinski definition) is 9. The van der Waals surface area contributed by atoms with Crippen LogP contribution in [0.25, 0.3) is 33.5 Å². The minimum Gasteiger partial charge on any atom is -0.378 e. The number of nitro groups is 1. The molecule has 3 heterocycles. The van der Waals surface area contributed by atoms with Crippen molar-refractivity contribution < 1.29 is 9.66 Å². The maximum absolute atomic E-state index is 11.5. The molecule has 12 nitrogen and oxygen atoms in total. The maximum atomic E-state index is 11.5. The average molecular weight is 580 g/mol. The number of fused-ring (bicyclic) bond motifs is 1. The summed E-state index contributed by atoms with van der Waals surface area (Å²) in [5, 5.41) is 29.3. The van der Waals surface area contributed by atoms with E-state index >= 15 is 0 Å². The number of anilines is 1. The fourth-order valence-electron chi connectivity index (χ4n) is 5.53. The van der Waals surface area contributed by atoms with Crippen molar-refractivity contribution in [3.63, 3.8) is 0 Å². The van der Waals surface area contributed by atoms with E-state index in [4.69, 9.17) is 9.72 Å². The summed E-state index contributed by atoms with van der Waals surface area (Å²) >= 11 is 0. The number of hydrogen-bond donors (Lipinski definition) is 2. The topological polar surface area (TPSA) is 140 Å². The number of aromatic nitrogens is 6. The molecule has 1 aliphatic heterocycles. The van der Waals surface area contributed by atoms with Crippen molar-refractivity contribution in [1.29, 1.82) is 0 Å². The van der Waals surface area contributed by atoms with Crippen LogP contribution in [0.2, 0.25) is 0 Å². The van der Waals surface area contributed by atoms with Crippen molar-refractivity contribution in [3.05, 3.63) is 99.8 Å². The molecule has 1 aliphatic rings. The molecule has 1 saturated heterocycles. The second-order valence-electron chi connectivity index (χ2n) is 10.5. The number of aromatic amines is 1. The van der Waals surface area contributed by atoms with Gasteiger partial charge in [0, 0.05) is 37.3 Å². The molecule has 220 valence electrons. The van der Waals surface area contributed by atoms with Gasteiger partial charge in [-0.3, -0.25) is 10.1 Å². The van der Waals surface area contributed by atoms with Gasteiger partial charge in [-0.25, -0.2) is 4.98 Å². The smallest absolute Gasteiger partial charge is 0.274 e. The summed E-state index contributed by atoms with van der Waals surface area (Å²) in [6.07, 6.45) is 2.84. The van der Waals surface area contributed by atoms with E-state index in [-0.39, 0.29) is 0 Å². The number of tetrazole rings is 1. The van der Waals surface area contributed by atoms with Gasteiger partial charge in [0.1, 0.15) is 5.82 Å². The van der Waals surface area contributed by atoms with Gasteiger partial charge >= 0.3 is 0 Å². The standard InChI is InChI=1S/C31H33N9O3/c1-3-6-28-33-30-21(2)17-24(32-29(20-40(41)42)38-13-15-43-16-14-38)18-27(30)39(28)19-22-9-11-23(12-10-22)25-7-4-5-8-26(25)31-34-36-37-35-31/h4-5,7-12,17-18,20,32H,3,6,13-16,19H2,1-2H3,(H,34,35,36,37). The zero-order chi connectivity index (χ0) is 29.8. The van der Waals surface area contributed by atoms with Crippen molar-refractivity contribution in [2.24, 2.45) is 0 Å². The Morgan fingerprint density at radius 2 is 1.88 bits per heavy atom. The third-order valence-corrected chi connectivity index (χ3v) is 7.57. The van der Waals surface area contributed by atoms with Crippen LogP contribution >= 0.6 is 0 Å². The SMILES string of the molecule is CCCc1nc2c(C)cc(NC(=C[N+](=O)[O-])N3CCOCC3)cc2n1Cc1ccc(-c2ccccc2-c2nn[nH]n2)cc1. The number of H-pyrrole nitrogens is 1. The number of aryl methyl sites for hydroxylation is 2. The molecular weight excluding hydrogens is 546 g/mol. The first kappa shape index (κ1) is 28.0. The Bertz CT molecular complexity index is 1760. The summed E-state index contributed by atoms with van der Waals surface area (Å²) in [6, 6.07) is 20.5. The number of ether oxygens (including phenoxy) is 1. The first-order valence-corrected chi connectivity index (χ1v) is 14.4. The highest BCUT2D eigenvalue weighted by Crippen LogP contribution is 2.31. The van der Waals surface area contributed by atoms with Gasteiger partial charge < -0.3 is 19.5 Å². The average Bonchev–Trinajstić information content (AvgIpc) is 3.67. The number of benzene rings is 3. The fourth-order valence-corrected chi connectivity index (χ4v) is 5.53. The predicted molar refractivity (Wildman–Crippen MR) is 164 cm³/mol. The molecule has 0 aliphatic carbocycles. The monoisotopic (exact) mass is 579 g/mol. The Hall–Kier alpha value is -5.10. The van der Waals surface area contributed by atoms with Crippen LogP contribution in [0.5, 0.6) is 0 Å². The highest BCUT2D eigenvalue weighted by molar-refractivity contribution is 5.84. The van der Waals surface area contributed by atoms with E-state index in [0.717, 1.165) is 69.4 Å². The van der Waals surface area contributed by atoms with Crippen LogP contribution in [0.1, 0.15) is 30.3 Å². The van der Waals surface area contributed by atoms with Crippen molar-refractivity contribution in [3.8, 4) is 22.5 Å². The van der Waals surface area contributed by atoms with E-state index in [1.54, 1.807) is 0 Å². The van der Waals surface area contributed by atoms with E-state index in [2.05, 4.69) is 67.8 Å². The van der Waals surface area contributed by atoms with Crippen molar-refractivity contribution in [2.75, 3.05) is 31.6 Å². The van der Waals surface area contributed by atoms with Crippen LogP contribution < -0.4 is 5.32 Å². The Morgan fingerprint density at radius 3 is 2.58 bits per heavy atom. The third-order valence-electron chi connectivity index (χ3n) is 7.57. The molecule has 1 fully saturated rings. The van der Waals surface area contributed by atoms with Crippen molar-refractivity contribution >= 4 is 16.7 Å². The van der Waals surface area contributed by atoms with E-state index in [0.29, 0.717) is 44.5 Å². The maximum Gasteiger partial charge on any atom is 0.274 e. The van der Waals surface area contributed by atoms with Gasteiger partial charge in [-0.05, 0) is 52.9 Å². The summed E-state index contributed by atoms with van der Waals surface area (Å²) in [6.45, 7) is 7.05. The highest BCUT2D eigenvalue weighted by Gasteiger charge is 2.19. The predicted octanol–water partition coefficient (Wildman–Crippen LogP) is 5.01. The van der Waals surface area contributed by atoms with Gasteiger partial charge in [0.15, 0.2) is 5.82 Å². The number of nitrogens with zero attached hydrogens (tertiary/aromatic N) is 7. The van der Waals surface area contributed by atoms with Crippen LogP contribution in [0.4, 0.5) is 5.69 Å². The lowest BCUT2D eigenvalue weighted by Gasteiger charge is -2.30. The van der Waals surface area contributed by atoms with Crippen molar-refractivity contribution in [1.82, 2.24) is 35.1 Å². The molecule has 0 unspecified atom stereocenters.